The molecule has 0 bridgehead atoms. The van der Waals surface area contributed by atoms with Gasteiger partial charge in [0, 0.05) is 16.1 Å². The Labute approximate surface area is 124 Å². The molecular weight excluding hydrogens is 318 g/mol. The molecule has 2 heterocycles. The average Bonchev–Trinajstić information content (AvgIpc) is 2.82. The van der Waals surface area contributed by atoms with Gasteiger partial charge in [0.2, 0.25) is 0 Å². The normalized spacial score (nSPS) is 10.7. The molecule has 0 aliphatic rings. The zero-order valence-electron chi connectivity index (χ0n) is 10.8. The number of rotatable bonds is 2. The van der Waals surface area contributed by atoms with Gasteiger partial charge in [-0.15, -0.1) is 5.10 Å². The van der Waals surface area contributed by atoms with Gasteiger partial charge in [0.1, 0.15) is 5.82 Å². The number of nitrogens with two attached hydrogens (primary N) is 1. The van der Waals surface area contributed by atoms with Gasteiger partial charge in [0.25, 0.3) is 0 Å². The predicted octanol–water partition coefficient (Wildman–Crippen LogP) is 2.98. The van der Waals surface area contributed by atoms with Gasteiger partial charge in [-0.25, -0.2) is 0 Å². The van der Waals surface area contributed by atoms with E-state index in [1.807, 2.05) is 49.4 Å². The van der Waals surface area contributed by atoms with Crippen LogP contribution in [-0.4, -0.2) is 20.0 Å². The van der Waals surface area contributed by atoms with Gasteiger partial charge < -0.3 is 5.73 Å². The van der Waals surface area contributed by atoms with Crippen LogP contribution in [0.25, 0.3) is 17.1 Å². The van der Waals surface area contributed by atoms with Crippen LogP contribution >= 0.6 is 15.9 Å². The van der Waals surface area contributed by atoms with Gasteiger partial charge in [-0.2, -0.15) is 14.9 Å². The molecule has 0 aliphatic heterocycles. The lowest BCUT2D eigenvalue weighted by molar-refractivity contribution is 0.816. The number of aromatic nitrogens is 4. The van der Waals surface area contributed by atoms with E-state index in [1.54, 1.807) is 4.68 Å². The van der Waals surface area contributed by atoms with E-state index in [9.17, 15) is 0 Å². The number of nitrogens with zero attached hydrogens (tertiary/aromatic N) is 4. The molecule has 2 N–H and O–H groups in total. The number of anilines is 1. The standard InChI is InChI=1S/C14H12BrN5/c1-9-6-7-14(18-17-9)20-13(16)8-12(19-20)10-4-2-3-5-11(10)15/h2-8H,16H2,1H3. The molecule has 3 aromatic rings. The highest BCUT2D eigenvalue weighted by atomic mass is 79.9. The Hall–Kier alpha value is -2.21. The maximum Gasteiger partial charge on any atom is 0.178 e. The first kappa shape index (κ1) is 12.8. The number of aryl methyl sites for hydroxylation is 1. The lowest BCUT2D eigenvalue weighted by atomic mass is 10.1. The van der Waals surface area contributed by atoms with Crippen molar-refractivity contribution in [2.45, 2.75) is 6.92 Å². The van der Waals surface area contributed by atoms with Crippen molar-refractivity contribution >= 4 is 21.7 Å². The van der Waals surface area contributed by atoms with Crippen LogP contribution < -0.4 is 5.73 Å². The van der Waals surface area contributed by atoms with E-state index in [0.29, 0.717) is 11.6 Å². The molecule has 0 unspecified atom stereocenters. The van der Waals surface area contributed by atoms with Crippen molar-refractivity contribution in [2.24, 2.45) is 0 Å². The Morgan fingerprint density at radius 3 is 2.60 bits per heavy atom. The Balaban J connectivity index is 2.08. The topological polar surface area (TPSA) is 69.6 Å². The molecule has 2 aromatic heterocycles. The van der Waals surface area contributed by atoms with E-state index in [2.05, 4.69) is 31.2 Å². The molecule has 1 aromatic carbocycles. The molecule has 0 aliphatic carbocycles. The predicted molar refractivity (Wildman–Crippen MR) is 81.4 cm³/mol. The molecule has 100 valence electrons. The zero-order valence-corrected chi connectivity index (χ0v) is 12.4. The number of halogens is 1. The molecule has 0 amide bonds. The van der Waals surface area contributed by atoms with Gasteiger partial charge in [0.15, 0.2) is 5.82 Å². The number of benzene rings is 1. The van der Waals surface area contributed by atoms with E-state index < -0.39 is 0 Å². The van der Waals surface area contributed by atoms with Crippen molar-refractivity contribution in [3.05, 3.63) is 52.6 Å². The first-order chi connectivity index (χ1) is 9.65. The summed E-state index contributed by atoms with van der Waals surface area (Å²) in [6.45, 7) is 1.88. The quantitative estimate of drug-likeness (QED) is 0.784. The van der Waals surface area contributed by atoms with Crippen molar-refractivity contribution in [3.8, 4) is 17.1 Å². The monoisotopic (exact) mass is 329 g/mol. The van der Waals surface area contributed by atoms with Gasteiger partial charge in [-0.3, -0.25) is 0 Å². The number of hydrogen-bond acceptors (Lipinski definition) is 4. The van der Waals surface area contributed by atoms with Crippen molar-refractivity contribution < 1.29 is 0 Å². The van der Waals surface area contributed by atoms with E-state index in [-0.39, 0.29) is 0 Å². The highest BCUT2D eigenvalue weighted by molar-refractivity contribution is 9.10. The van der Waals surface area contributed by atoms with E-state index in [0.717, 1.165) is 21.4 Å². The zero-order chi connectivity index (χ0) is 14.1. The SMILES string of the molecule is Cc1ccc(-n2nc(-c3ccccc3Br)cc2N)nn1. The third-order valence-corrected chi connectivity index (χ3v) is 3.58. The van der Waals surface area contributed by atoms with Crippen LogP contribution in [0, 0.1) is 6.92 Å². The molecular formula is C14H12BrN5. The molecule has 0 radical (unpaired) electrons. The smallest absolute Gasteiger partial charge is 0.178 e. The van der Waals surface area contributed by atoms with Crippen LogP contribution in [0.5, 0.6) is 0 Å². The highest BCUT2D eigenvalue weighted by Gasteiger charge is 2.11. The first-order valence-electron chi connectivity index (χ1n) is 6.06. The fraction of sp³-hybridized carbons (Fsp3) is 0.0714. The maximum atomic E-state index is 6.02. The van der Waals surface area contributed by atoms with Crippen LogP contribution in [-0.2, 0) is 0 Å². The molecule has 20 heavy (non-hydrogen) atoms. The molecule has 0 fully saturated rings. The number of hydrogen-bond donors (Lipinski definition) is 1. The Morgan fingerprint density at radius 1 is 1.10 bits per heavy atom. The van der Waals surface area contributed by atoms with Crippen molar-refractivity contribution in [1.82, 2.24) is 20.0 Å². The minimum absolute atomic E-state index is 0.522. The highest BCUT2D eigenvalue weighted by Crippen LogP contribution is 2.28. The van der Waals surface area contributed by atoms with Crippen LogP contribution in [0.4, 0.5) is 5.82 Å². The fourth-order valence-electron chi connectivity index (χ4n) is 1.88. The Morgan fingerprint density at radius 2 is 1.90 bits per heavy atom. The summed E-state index contributed by atoms with van der Waals surface area (Å²) in [5.74, 6) is 1.13. The summed E-state index contributed by atoms with van der Waals surface area (Å²) in [6, 6.07) is 13.4. The third kappa shape index (κ3) is 2.30. The summed E-state index contributed by atoms with van der Waals surface area (Å²) < 4.78 is 2.56. The molecule has 0 atom stereocenters. The van der Waals surface area contributed by atoms with Crippen molar-refractivity contribution in [1.29, 1.82) is 0 Å². The second-order valence-corrected chi connectivity index (χ2v) is 5.23. The summed E-state index contributed by atoms with van der Waals surface area (Å²) >= 11 is 3.51. The van der Waals surface area contributed by atoms with Crippen molar-refractivity contribution in [3.63, 3.8) is 0 Å². The Kier molecular flexibility index (Phi) is 3.23. The van der Waals surface area contributed by atoms with Crippen LogP contribution in [0.2, 0.25) is 0 Å². The summed E-state index contributed by atoms with van der Waals surface area (Å²) in [5.41, 5.74) is 8.64. The van der Waals surface area contributed by atoms with Crippen molar-refractivity contribution in [2.75, 3.05) is 5.73 Å². The average molecular weight is 330 g/mol. The van der Waals surface area contributed by atoms with Gasteiger partial charge in [-0.1, -0.05) is 34.1 Å². The molecule has 0 saturated carbocycles. The maximum absolute atomic E-state index is 6.02. The van der Waals surface area contributed by atoms with Gasteiger partial charge >= 0.3 is 0 Å². The molecule has 6 heteroatoms. The molecule has 0 spiro atoms. The third-order valence-electron chi connectivity index (χ3n) is 2.89. The molecule has 5 nitrogen and oxygen atoms in total. The molecule has 0 saturated heterocycles. The fourth-order valence-corrected chi connectivity index (χ4v) is 2.37. The summed E-state index contributed by atoms with van der Waals surface area (Å²) in [6.07, 6.45) is 0. The lowest BCUT2D eigenvalue weighted by Gasteiger charge is -2.02. The van der Waals surface area contributed by atoms with Crippen LogP contribution in [0.3, 0.4) is 0 Å². The number of nitrogen functional groups attached to an aromatic ring is 1. The minimum Gasteiger partial charge on any atom is -0.384 e. The summed E-state index contributed by atoms with van der Waals surface area (Å²) in [7, 11) is 0. The second-order valence-electron chi connectivity index (χ2n) is 4.38. The summed E-state index contributed by atoms with van der Waals surface area (Å²) in [5, 5.41) is 12.6. The largest absolute Gasteiger partial charge is 0.384 e. The van der Waals surface area contributed by atoms with Gasteiger partial charge in [0.05, 0.1) is 11.4 Å². The summed E-state index contributed by atoms with van der Waals surface area (Å²) in [4.78, 5) is 0. The second kappa shape index (κ2) is 5.05. The van der Waals surface area contributed by atoms with Crippen LogP contribution in [0.15, 0.2) is 46.9 Å². The van der Waals surface area contributed by atoms with Crippen LogP contribution in [0.1, 0.15) is 5.69 Å². The molecule has 3 rings (SSSR count). The lowest BCUT2D eigenvalue weighted by Crippen LogP contribution is -2.05. The minimum atomic E-state index is 0.522. The van der Waals surface area contributed by atoms with E-state index in [4.69, 9.17) is 5.73 Å². The van der Waals surface area contributed by atoms with E-state index in [1.165, 1.54) is 0 Å². The van der Waals surface area contributed by atoms with Gasteiger partial charge in [-0.05, 0) is 25.1 Å². The Bertz CT molecular complexity index is 749. The first-order valence-corrected chi connectivity index (χ1v) is 6.85. The van der Waals surface area contributed by atoms with E-state index >= 15 is 0 Å².